The summed E-state index contributed by atoms with van der Waals surface area (Å²) in [5.74, 6) is -5.27. The maximum Gasteiger partial charge on any atom is 0.510 e. The number of hydrogen-bond acceptors (Lipinski definition) is 9. The van der Waals surface area contributed by atoms with Crippen molar-refractivity contribution in [1.82, 2.24) is 9.58 Å². The Hall–Kier alpha value is -4.82. The summed E-state index contributed by atoms with van der Waals surface area (Å²) in [6.45, 7) is 0.646. The number of methoxy groups -OCH3 is 1. The zero-order chi connectivity index (χ0) is 33.8. The van der Waals surface area contributed by atoms with Crippen molar-refractivity contribution >= 4 is 23.4 Å². The highest BCUT2D eigenvalue weighted by Crippen LogP contribution is 2.58. The number of carbonyl (C=O) groups excluding carboxylic acids is 2. The van der Waals surface area contributed by atoms with Crippen molar-refractivity contribution in [1.29, 1.82) is 0 Å². The molecule has 2 aromatic heterocycles. The van der Waals surface area contributed by atoms with Crippen LogP contribution in [0.5, 0.6) is 5.75 Å². The maximum absolute atomic E-state index is 16.0. The molecule has 5 aliphatic rings. The smallest absolute Gasteiger partial charge is 0.451 e. The van der Waals surface area contributed by atoms with E-state index in [1.54, 1.807) is 21.0 Å². The third kappa shape index (κ3) is 4.26. The zero-order valence-electron chi connectivity index (χ0n) is 26.0. The molecule has 2 fully saturated rings. The molecule has 1 spiro atoms. The normalized spacial score (nSPS) is 21.8. The molecule has 3 aliphatic heterocycles. The summed E-state index contributed by atoms with van der Waals surface area (Å²) in [4.78, 5) is 41.8. The van der Waals surface area contributed by atoms with E-state index in [-0.39, 0.29) is 22.4 Å². The molecule has 2 aliphatic carbocycles. The van der Waals surface area contributed by atoms with Gasteiger partial charge in [0, 0.05) is 46.6 Å². The summed E-state index contributed by atoms with van der Waals surface area (Å²) < 4.78 is 69.9. The number of piperidine rings is 1. The van der Waals surface area contributed by atoms with Crippen LogP contribution in [-0.4, -0.2) is 61.5 Å². The van der Waals surface area contributed by atoms with E-state index < -0.39 is 60.2 Å². The van der Waals surface area contributed by atoms with Gasteiger partial charge in [-0.2, -0.15) is 0 Å². The number of fused-ring (bicyclic) bond motifs is 4. The van der Waals surface area contributed by atoms with Crippen LogP contribution in [0, 0.1) is 11.2 Å². The number of nitrogens with zero attached hydrogens (tertiary/aromatic N) is 3. The van der Waals surface area contributed by atoms with Gasteiger partial charge in [-0.15, -0.1) is 11.3 Å². The zero-order valence-corrected chi connectivity index (χ0v) is 26.9. The monoisotopic (exact) mass is 691 g/mol. The third-order valence-electron chi connectivity index (χ3n) is 10.4. The second-order valence-corrected chi connectivity index (χ2v) is 14.0. The molecular formula is C35H28F3N3O7S. The van der Waals surface area contributed by atoms with E-state index in [2.05, 4.69) is 4.74 Å². The fourth-order valence-corrected chi connectivity index (χ4v) is 9.33. The molecule has 9 rings (SSSR count). The third-order valence-corrected chi connectivity index (χ3v) is 11.5. The van der Waals surface area contributed by atoms with Crippen LogP contribution in [0.3, 0.4) is 0 Å². The summed E-state index contributed by atoms with van der Waals surface area (Å²) in [5, 5.41) is 3.66. The van der Waals surface area contributed by atoms with Gasteiger partial charge in [0.25, 0.3) is 11.8 Å². The van der Waals surface area contributed by atoms with E-state index in [1.807, 2.05) is 29.3 Å². The molecule has 49 heavy (non-hydrogen) atoms. The Morgan fingerprint density at radius 3 is 2.67 bits per heavy atom. The van der Waals surface area contributed by atoms with Crippen molar-refractivity contribution in [3.05, 3.63) is 98.0 Å². The first kappa shape index (κ1) is 30.3. The Labute approximate surface area is 281 Å². The van der Waals surface area contributed by atoms with Gasteiger partial charge >= 0.3 is 6.16 Å². The molecule has 0 saturated carbocycles. The molecule has 0 radical (unpaired) electrons. The van der Waals surface area contributed by atoms with Gasteiger partial charge in [0.2, 0.25) is 18.0 Å². The second kappa shape index (κ2) is 10.6. The fourth-order valence-electron chi connectivity index (χ4n) is 8.21. The number of carbonyl (C=O) groups is 2. The molecule has 2 atom stereocenters. The highest BCUT2D eigenvalue weighted by Gasteiger charge is 2.54. The Morgan fingerprint density at radius 2 is 1.90 bits per heavy atom. The largest absolute Gasteiger partial charge is 0.510 e. The summed E-state index contributed by atoms with van der Waals surface area (Å²) >= 11 is 1.35. The predicted molar refractivity (Wildman–Crippen MR) is 170 cm³/mol. The minimum absolute atomic E-state index is 0.114. The topological polar surface area (TPSA) is 99.5 Å². The van der Waals surface area contributed by atoms with E-state index >= 15 is 13.2 Å². The summed E-state index contributed by atoms with van der Waals surface area (Å²) in [7, 11) is 1.12. The molecule has 0 N–H and O–H groups in total. The van der Waals surface area contributed by atoms with Gasteiger partial charge in [0.1, 0.15) is 12.0 Å². The van der Waals surface area contributed by atoms with Crippen LogP contribution in [0.25, 0.3) is 21.6 Å². The average molecular weight is 692 g/mol. The summed E-state index contributed by atoms with van der Waals surface area (Å²) in [6, 6.07) is 10.7. The lowest BCUT2D eigenvalue weighted by Gasteiger charge is -2.57. The predicted octanol–water partition coefficient (Wildman–Crippen LogP) is 5.78. The molecule has 5 heterocycles. The standard InChI is InChI=1S/C35H28F3N3O7S/c1-45-33(44)48-17-47-30-23(42)8-10-40-29(30)32(43)39-11-9-34(15-46-16-34)13-24(39)41(40)28-19-4-2-3-5-20(19)31-25-18(14-49-31)12-35(37,38)27-22(36)7-6-21(28)26(25)27/h2-8,10,14,24,28H,9,11-13,15-17H2,1H3. The second-order valence-electron chi connectivity index (χ2n) is 13.1. The molecule has 1 amide bonds. The van der Waals surface area contributed by atoms with Crippen LogP contribution >= 0.6 is 11.3 Å². The number of ether oxygens (including phenoxy) is 4. The number of halogens is 3. The van der Waals surface area contributed by atoms with E-state index in [9.17, 15) is 14.4 Å². The average Bonchev–Trinajstić information content (AvgIpc) is 3.44. The minimum atomic E-state index is -3.47. The number of amides is 1. The number of aromatic nitrogens is 1. The summed E-state index contributed by atoms with van der Waals surface area (Å²) in [5.41, 5.74) is 1.61. The van der Waals surface area contributed by atoms with Crippen molar-refractivity contribution in [2.24, 2.45) is 5.41 Å². The van der Waals surface area contributed by atoms with Crippen LogP contribution in [0.4, 0.5) is 18.0 Å². The van der Waals surface area contributed by atoms with Crippen molar-refractivity contribution < 1.29 is 41.7 Å². The number of thiophene rings is 1. The molecule has 2 saturated heterocycles. The molecule has 252 valence electrons. The Morgan fingerprint density at radius 1 is 1.08 bits per heavy atom. The van der Waals surface area contributed by atoms with Gasteiger partial charge in [-0.25, -0.2) is 18.0 Å². The first-order valence-electron chi connectivity index (χ1n) is 15.8. The van der Waals surface area contributed by atoms with Crippen molar-refractivity contribution in [2.75, 3.05) is 38.7 Å². The quantitative estimate of drug-likeness (QED) is 0.196. The van der Waals surface area contributed by atoms with Crippen LogP contribution in [0.1, 0.15) is 51.6 Å². The van der Waals surface area contributed by atoms with Gasteiger partial charge < -0.3 is 23.8 Å². The van der Waals surface area contributed by atoms with Crippen molar-refractivity contribution in [3.8, 4) is 27.3 Å². The molecular weight excluding hydrogens is 663 g/mol. The van der Waals surface area contributed by atoms with Crippen LogP contribution in [-0.2, 0) is 26.6 Å². The lowest BCUT2D eigenvalue weighted by atomic mass is 9.74. The number of alkyl halides is 2. The van der Waals surface area contributed by atoms with Crippen LogP contribution in [0.15, 0.2) is 58.8 Å². The minimum Gasteiger partial charge on any atom is -0.451 e. The first-order chi connectivity index (χ1) is 23.6. The van der Waals surface area contributed by atoms with Crippen molar-refractivity contribution in [3.63, 3.8) is 0 Å². The fraction of sp³-hybridized carbons (Fsp3) is 0.343. The number of rotatable bonds is 4. The van der Waals surface area contributed by atoms with Gasteiger partial charge in [0.05, 0.1) is 31.9 Å². The highest BCUT2D eigenvalue weighted by atomic mass is 32.1. The van der Waals surface area contributed by atoms with Gasteiger partial charge in [0.15, 0.2) is 5.69 Å². The lowest BCUT2D eigenvalue weighted by molar-refractivity contribution is -0.150. The Bertz CT molecular complexity index is 2140. The molecule has 4 aromatic rings. The summed E-state index contributed by atoms with van der Waals surface area (Å²) in [6.07, 6.45) is 0.353. The Kier molecular flexibility index (Phi) is 6.54. The van der Waals surface area contributed by atoms with Gasteiger partial charge in [-0.1, -0.05) is 30.3 Å². The number of pyridine rings is 1. The molecule has 2 unspecified atom stereocenters. The number of hydrogen-bond donors (Lipinski definition) is 0. The van der Waals surface area contributed by atoms with Gasteiger partial charge in [-0.05, 0) is 46.5 Å². The molecule has 0 bridgehead atoms. The first-order valence-corrected chi connectivity index (χ1v) is 16.7. The van der Waals surface area contributed by atoms with E-state index in [0.717, 1.165) is 29.2 Å². The molecule has 14 heteroatoms. The van der Waals surface area contributed by atoms with E-state index in [0.29, 0.717) is 49.3 Å². The van der Waals surface area contributed by atoms with E-state index in [1.165, 1.54) is 23.6 Å². The van der Waals surface area contributed by atoms with Gasteiger partial charge in [-0.3, -0.25) is 19.3 Å². The van der Waals surface area contributed by atoms with E-state index in [4.69, 9.17) is 14.2 Å². The number of benzene rings is 2. The van der Waals surface area contributed by atoms with Crippen molar-refractivity contribution in [2.45, 2.75) is 37.4 Å². The Balaban J connectivity index is 1.32. The maximum atomic E-state index is 16.0. The lowest BCUT2D eigenvalue weighted by Crippen LogP contribution is -2.68. The molecule has 2 aromatic carbocycles. The van der Waals surface area contributed by atoms with Crippen LogP contribution < -0.4 is 15.2 Å². The SMILES string of the molecule is COC(=O)OCOc1c2n(ccc1=O)N(C1c3ccccc3-c3scc4c3-c3c1ccc(F)c3C(F)(F)C4)C1CC3(CCN1C2=O)COC3. The highest BCUT2D eigenvalue weighted by molar-refractivity contribution is 7.14. The molecule has 10 nitrogen and oxygen atoms in total. The van der Waals surface area contributed by atoms with Crippen LogP contribution in [0.2, 0.25) is 0 Å².